The summed E-state index contributed by atoms with van der Waals surface area (Å²) in [5.74, 6) is -0.539. The first kappa shape index (κ1) is 24.8. The van der Waals surface area contributed by atoms with Gasteiger partial charge in [0.2, 0.25) is 0 Å². The van der Waals surface area contributed by atoms with Crippen molar-refractivity contribution in [1.82, 2.24) is 14.2 Å². The first-order valence-corrected chi connectivity index (χ1v) is 13.0. The van der Waals surface area contributed by atoms with Gasteiger partial charge in [0.1, 0.15) is 16.2 Å². The number of carbonyl (C=O) groups excluding carboxylic acids is 3. The fraction of sp³-hybridized carbons (Fsp3) is 0.458. The van der Waals surface area contributed by atoms with E-state index in [2.05, 4.69) is 10.6 Å². The molecule has 1 saturated heterocycles. The number of ether oxygens (including phenoxy) is 1. The summed E-state index contributed by atoms with van der Waals surface area (Å²) in [6, 6.07) is 7.06. The van der Waals surface area contributed by atoms with Crippen LogP contribution in [0.1, 0.15) is 60.9 Å². The Balaban J connectivity index is 1.32. The molecule has 11 heteroatoms. The van der Waals surface area contributed by atoms with Gasteiger partial charge in [-0.1, -0.05) is 0 Å². The Hall–Kier alpha value is -3.34. The zero-order chi connectivity index (χ0) is 25.4. The average molecular weight is 503 g/mol. The largest absolute Gasteiger partial charge is 0.444 e. The van der Waals surface area contributed by atoms with Crippen LogP contribution in [0.4, 0.5) is 10.5 Å². The lowest BCUT2D eigenvalue weighted by Gasteiger charge is -2.33. The molecule has 1 aromatic heterocycles. The Labute approximate surface area is 204 Å². The summed E-state index contributed by atoms with van der Waals surface area (Å²) in [6.45, 7) is 7.22. The molecule has 0 bridgehead atoms. The maximum absolute atomic E-state index is 12.9. The fourth-order valence-corrected chi connectivity index (χ4v) is 5.73. The Morgan fingerprint density at radius 1 is 1.17 bits per heavy atom. The average Bonchev–Trinajstić information content (AvgIpc) is 3.27. The molecule has 2 aliphatic heterocycles. The Morgan fingerprint density at radius 2 is 1.89 bits per heavy atom. The summed E-state index contributed by atoms with van der Waals surface area (Å²) < 4.78 is 32.2. The molecule has 0 radical (unpaired) electrons. The molecule has 3 amide bonds. The zero-order valence-electron chi connectivity index (χ0n) is 20.0. The minimum Gasteiger partial charge on any atom is -0.444 e. The van der Waals surface area contributed by atoms with Gasteiger partial charge in [0, 0.05) is 31.4 Å². The van der Waals surface area contributed by atoms with Crippen molar-refractivity contribution in [3.05, 3.63) is 47.8 Å². The number of nitrogens with one attached hydrogen (secondary N) is 2. The second-order valence-electron chi connectivity index (χ2n) is 9.81. The summed E-state index contributed by atoms with van der Waals surface area (Å²) in [7, 11) is -3.96. The van der Waals surface area contributed by atoms with E-state index < -0.39 is 21.5 Å². The van der Waals surface area contributed by atoms with Gasteiger partial charge < -0.3 is 20.3 Å². The maximum atomic E-state index is 12.9. The van der Waals surface area contributed by atoms with Gasteiger partial charge >= 0.3 is 6.09 Å². The number of aromatic nitrogens is 1. The molecule has 4 rings (SSSR count). The second-order valence-corrected chi connectivity index (χ2v) is 11.6. The number of piperidine rings is 1. The predicted octanol–water partition coefficient (Wildman–Crippen LogP) is 3.06. The first-order valence-electron chi connectivity index (χ1n) is 11.6. The second kappa shape index (κ2) is 9.37. The van der Waals surface area contributed by atoms with E-state index in [0.29, 0.717) is 25.6 Å². The lowest BCUT2D eigenvalue weighted by Crippen LogP contribution is -2.42. The van der Waals surface area contributed by atoms with E-state index in [9.17, 15) is 22.8 Å². The van der Waals surface area contributed by atoms with E-state index in [1.54, 1.807) is 4.90 Å². The Bertz CT molecular complexity index is 1250. The standard InChI is InChI=1S/C24H30N4O6S/c1-24(2,3)34-23(31)27-13-9-16(10-14-27)8-11-25-21(29)17-6-7-20-18(15-17)26-22(30)19-5-4-12-28(19)35(20,32)33/h4-7,12,15-16H,8-11,13-14H2,1-3H3,(H,25,29)(H,26,30). The molecule has 0 aliphatic carbocycles. The molecule has 2 aliphatic rings. The van der Waals surface area contributed by atoms with Crippen molar-refractivity contribution in [3.8, 4) is 0 Å². The van der Waals surface area contributed by atoms with Gasteiger partial charge in [0.05, 0.1) is 5.69 Å². The summed E-state index contributed by atoms with van der Waals surface area (Å²) in [4.78, 5) is 39.0. The van der Waals surface area contributed by atoms with Gasteiger partial charge in [-0.15, -0.1) is 0 Å². The van der Waals surface area contributed by atoms with E-state index in [4.69, 9.17) is 4.74 Å². The quantitative estimate of drug-likeness (QED) is 0.662. The van der Waals surface area contributed by atoms with Crippen LogP contribution in [0.2, 0.25) is 0 Å². The van der Waals surface area contributed by atoms with Crippen LogP contribution in [0.25, 0.3) is 0 Å². The monoisotopic (exact) mass is 502 g/mol. The van der Waals surface area contributed by atoms with Crippen molar-refractivity contribution in [2.24, 2.45) is 5.92 Å². The number of hydrogen-bond acceptors (Lipinski definition) is 6. The van der Waals surface area contributed by atoms with E-state index >= 15 is 0 Å². The molecule has 10 nitrogen and oxygen atoms in total. The zero-order valence-corrected chi connectivity index (χ0v) is 20.9. The van der Waals surface area contributed by atoms with Gasteiger partial charge in [-0.05, 0) is 76.3 Å². The molecule has 1 fully saturated rings. The summed E-state index contributed by atoms with van der Waals surface area (Å²) >= 11 is 0. The lowest BCUT2D eigenvalue weighted by atomic mass is 9.94. The molecular weight excluding hydrogens is 472 g/mol. The number of rotatable bonds is 4. The molecule has 188 valence electrons. The van der Waals surface area contributed by atoms with Gasteiger partial charge in [0.25, 0.3) is 21.8 Å². The van der Waals surface area contributed by atoms with Crippen molar-refractivity contribution in [3.63, 3.8) is 0 Å². The van der Waals surface area contributed by atoms with Crippen LogP contribution in [0, 0.1) is 5.92 Å². The van der Waals surface area contributed by atoms with Crippen LogP contribution in [0.3, 0.4) is 0 Å². The molecule has 0 saturated carbocycles. The van der Waals surface area contributed by atoms with E-state index in [1.807, 2.05) is 20.8 Å². The third-order valence-electron chi connectivity index (χ3n) is 6.08. The highest BCUT2D eigenvalue weighted by atomic mass is 32.2. The topological polar surface area (TPSA) is 127 Å². The van der Waals surface area contributed by atoms with Crippen LogP contribution in [0.5, 0.6) is 0 Å². The fourth-order valence-electron chi connectivity index (χ4n) is 4.26. The number of nitrogens with zero attached hydrogens (tertiary/aromatic N) is 2. The van der Waals surface area contributed by atoms with Crippen LogP contribution in [-0.2, 0) is 14.8 Å². The first-order chi connectivity index (χ1) is 16.5. The number of fused-ring (bicyclic) bond motifs is 2. The van der Waals surface area contributed by atoms with Crippen molar-refractivity contribution in [2.45, 2.75) is 50.5 Å². The number of hydrogen-bond donors (Lipinski definition) is 2. The van der Waals surface area contributed by atoms with Crippen molar-refractivity contribution >= 4 is 33.6 Å². The van der Waals surface area contributed by atoms with Crippen LogP contribution >= 0.6 is 0 Å². The SMILES string of the molecule is CC(C)(C)OC(=O)N1CCC(CCNC(=O)c2ccc3c(c2)NC(=O)c2cccn2S3(=O)=O)CC1. The molecule has 0 atom stereocenters. The van der Waals surface area contributed by atoms with Crippen molar-refractivity contribution < 1.29 is 27.5 Å². The summed E-state index contributed by atoms with van der Waals surface area (Å²) in [5, 5.41) is 5.46. The smallest absolute Gasteiger partial charge is 0.410 e. The summed E-state index contributed by atoms with van der Waals surface area (Å²) in [5.41, 5.74) is -0.192. The van der Waals surface area contributed by atoms with Gasteiger partial charge in [-0.25, -0.2) is 17.2 Å². The summed E-state index contributed by atoms with van der Waals surface area (Å²) in [6.07, 6.45) is 3.45. The number of likely N-dealkylation sites (tertiary alicyclic amines) is 1. The number of amides is 3. The third-order valence-corrected chi connectivity index (χ3v) is 7.82. The van der Waals surface area contributed by atoms with Crippen LogP contribution < -0.4 is 10.6 Å². The van der Waals surface area contributed by atoms with Crippen LogP contribution in [-0.4, -0.2) is 60.4 Å². The Morgan fingerprint density at radius 3 is 2.57 bits per heavy atom. The molecule has 0 spiro atoms. The van der Waals surface area contributed by atoms with E-state index in [0.717, 1.165) is 23.2 Å². The van der Waals surface area contributed by atoms with Crippen molar-refractivity contribution in [1.29, 1.82) is 0 Å². The molecule has 0 unspecified atom stereocenters. The number of anilines is 1. The molecule has 2 N–H and O–H groups in total. The van der Waals surface area contributed by atoms with Crippen molar-refractivity contribution in [2.75, 3.05) is 25.0 Å². The molecule has 35 heavy (non-hydrogen) atoms. The minimum atomic E-state index is -3.96. The normalized spacial score (nSPS) is 17.6. The van der Waals surface area contributed by atoms with Gasteiger partial charge in [-0.3, -0.25) is 9.59 Å². The molecule has 2 aromatic rings. The molecule has 1 aromatic carbocycles. The van der Waals surface area contributed by atoms with Gasteiger partial charge in [0.15, 0.2) is 0 Å². The third kappa shape index (κ3) is 5.34. The molecule has 3 heterocycles. The maximum Gasteiger partial charge on any atom is 0.410 e. The highest BCUT2D eigenvalue weighted by Crippen LogP contribution is 2.30. The van der Waals surface area contributed by atoms with E-state index in [1.165, 1.54) is 36.5 Å². The van der Waals surface area contributed by atoms with Gasteiger partial charge in [-0.2, -0.15) is 0 Å². The highest BCUT2D eigenvalue weighted by molar-refractivity contribution is 7.90. The van der Waals surface area contributed by atoms with E-state index in [-0.39, 0.29) is 33.8 Å². The minimum absolute atomic E-state index is 0.00455. The number of carbonyl (C=O) groups is 3. The Kier molecular flexibility index (Phi) is 6.63. The molecular formula is C24H30N4O6S. The number of benzene rings is 1. The highest BCUT2D eigenvalue weighted by Gasteiger charge is 2.31. The van der Waals surface area contributed by atoms with Crippen LogP contribution in [0.15, 0.2) is 41.4 Å². The predicted molar refractivity (Wildman–Crippen MR) is 129 cm³/mol. The lowest BCUT2D eigenvalue weighted by molar-refractivity contribution is 0.0181.